The highest BCUT2D eigenvalue weighted by Gasteiger charge is 2.33. The van der Waals surface area contributed by atoms with Crippen LogP contribution in [0.15, 0.2) is 30.3 Å². The second-order valence-electron chi connectivity index (χ2n) is 8.06. The van der Waals surface area contributed by atoms with E-state index in [1.807, 2.05) is 18.2 Å². The van der Waals surface area contributed by atoms with Crippen LogP contribution in [0.1, 0.15) is 64.0 Å². The lowest BCUT2D eigenvalue weighted by atomic mass is 9.89. The molecule has 1 aromatic rings. The smallest absolute Gasteiger partial charge is 0.242 e. The minimum atomic E-state index is -0.140. The van der Waals surface area contributed by atoms with Crippen LogP contribution in [0, 0.1) is 11.8 Å². The van der Waals surface area contributed by atoms with Gasteiger partial charge in [0.15, 0.2) is 0 Å². The van der Waals surface area contributed by atoms with Crippen molar-refractivity contribution < 1.29 is 4.79 Å². The van der Waals surface area contributed by atoms with Crippen LogP contribution in [0.3, 0.4) is 0 Å². The highest BCUT2D eigenvalue weighted by atomic mass is 16.2. The predicted molar refractivity (Wildman–Crippen MR) is 98.7 cm³/mol. The summed E-state index contributed by atoms with van der Waals surface area (Å²) in [4.78, 5) is 15.6. The molecule has 2 fully saturated rings. The molecule has 1 aliphatic carbocycles. The SMILES string of the molecule is C[C@@H]1C[C@@H](C)CN([C@H](C(=O)NC2CCCCC2)c2ccccc2)C1. The second kappa shape index (κ2) is 8.15. The summed E-state index contributed by atoms with van der Waals surface area (Å²) in [6.07, 6.45) is 7.36. The van der Waals surface area contributed by atoms with Gasteiger partial charge in [0, 0.05) is 19.1 Å². The molecule has 3 rings (SSSR count). The molecule has 0 aromatic heterocycles. The number of hydrogen-bond donors (Lipinski definition) is 1. The van der Waals surface area contributed by atoms with E-state index in [2.05, 4.69) is 36.2 Å². The summed E-state index contributed by atoms with van der Waals surface area (Å²) in [5, 5.41) is 3.36. The van der Waals surface area contributed by atoms with Gasteiger partial charge in [-0.25, -0.2) is 0 Å². The number of carbonyl (C=O) groups is 1. The Hall–Kier alpha value is -1.35. The van der Waals surface area contributed by atoms with Crippen LogP contribution in [-0.4, -0.2) is 29.9 Å². The molecule has 1 amide bonds. The van der Waals surface area contributed by atoms with Crippen LogP contribution >= 0.6 is 0 Å². The summed E-state index contributed by atoms with van der Waals surface area (Å²) < 4.78 is 0. The molecule has 0 bridgehead atoms. The van der Waals surface area contributed by atoms with Gasteiger partial charge < -0.3 is 5.32 Å². The van der Waals surface area contributed by atoms with E-state index in [0.717, 1.165) is 31.5 Å². The standard InChI is InChI=1S/C21H32N2O/c1-16-13-17(2)15-23(14-16)20(18-9-5-3-6-10-18)21(24)22-19-11-7-4-8-12-19/h3,5-6,9-10,16-17,19-20H,4,7-8,11-15H2,1-2H3,(H,22,24)/t16-,17-,20+/m1/s1. The predicted octanol–water partition coefficient (Wildman–Crippen LogP) is 4.15. The summed E-state index contributed by atoms with van der Waals surface area (Å²) in [6.45, 7) is 6.65. The summed E-state index contributed by atoms with van der Waals surface area (Å²) in [7, 11) is 0. The molecule has 1 saturated carbocycles. The fourth-order valence-electron chi connectivity index (χ4n) is 4.61. The van der Waals surface area contributed by atoms with E-state index in [-0.39, 0.29) is 11.9 Å². The Morgan fingerprint density at radius 3 is 2.29 bits per heavy atom. The van der Waals surface area contributed by atoms with Gasteiger partial charge >= 0.3 is 0 Å². The maximum Gasteiger partial charge on any atom is 0.242 e. The van der Waals surface area contributed by atoms with Gasteiger partial charge in [0.2, 0.25) is 5.91 Å². The molecule has 1 N–H and O–H groups in total. The van der Waals surface area contributed by atoms with E-state index < -0.39 is 0 Å². The first kappa shape index (κ1) is 17.5. The zero-order valence-electron chi connectivity index (χ0n) is 15.2. The van der Waals surface area contributed by atoms with Crippen molar-refractivity contribution in [2.45, 2.75) is 64.5 Å². The molecule has 0 spiro atoms. The summed E-state index contributed by atoms with van der Waals surface area (Å²) in [5.74, 6) is 1.51. The lowest BCUT2D eigenvalue weighted by molar-refractivity contribution is -0.128. The molecule has 1 saturated heterocycles. The third-order valence-corrected chi connectivity index (χ3v) is 5.58. The molecule has 3 heteroatoms. The lowest BCUT2D eigenvalue weighted by Crippen LogP contribution is -2.49. The normalized spacial score (nSPS) is 27.6. The van der Waals surface area contributed by atoms with E-state index in [0.29, 0.717) is 17.9 Å². The van der Waals surface area contributed by atoms with Crippen molar-refractivity contribution in [3.05, 3.63) is 35.9 Å². The van der Waals surface area contributed by atoms with E-state index in [1.54, 1.807) is 0 Å². The van der Waals surface area contributed by atoms with E-state index in [1.165, 1.54) is 25.7 Å². The van der Waals surface area contributed by atoms with Crippen molar-refractivity contribution >= 4 is 5.91 Å². The Balaban J connectivity index is 1.77. The quantitative estimate of drug-likeness (QED) is 0.900. The third kappa shape index (κ3) is 4.38. The molecule has 3 atom stereocenters. The van der Waals surface area contributed by atoms with Gasteiger partial charge in [-0.1, -0.05) is 63.4 Å². The van der Waals surface area contributed by atoms with Crippen molar-refractivity contribution in [2.24, 2.45) is 11.8 Å². The molecule has 132 valence electrons. The fourth-order valence-corrected chi connectivity index (χ4v) is 4.61. The maximum atomic E-state index is 13.2. The monoisotopic (exact) mass is 328 g/mol. The van der Waals surface area contributed by atoms with E-state index >= 15 is 0 Å². The topological polar surface area (TPSA) is 32.3 Å². The van der Waals surface area contributed by atoms with Crippen molar-refractivity contribution in [2.75, 3.05) is 13.1 Å². The molecular formula is C21H32N2O. The second-order valence-corrected chi connectivity index (χ2v) is 8.06. The number of nitrogens with zero attached hydrogens (tertiary/aromatic N) is 1. The highest BCUT2D eigenvalue weighted by Crippen LogP contribution is 2.30. The van der Waals surface area contributed by atoms with Gasteiger partial charge in [-0.15, -0.1) is 0 Å². The number of nitrogens with one attached hydrogen (secondary N) is 1. The number of carbonyl (C=O) groups excluding carboxylic acids is 1. The Morgan fingerprint density at radius 1 is 1.04 bits per heavy atom. The number of likely N-dealkylation sites (tertiary alicyclic amines) is 1. The van der Waals surface area contributed by atoms with Crippen LogP contribution in [0.2, 0.25) is 0 Å². The number of amides is 1. The van der Waals surface area contributed by atoms with Crippen molar-refractivity contribution in [1.82, 2.24) is 10.2 Å². The fraction of sp³-hybridized carbons (Fsp3) is 0.667. The number of rotatable bonds is 4. The molecule has 3 nitrogen and oxygen atoms in total. The average molecular weight is 328 g/mol. The Bertz CT molecular complexity index is 514. The molecule has 1 heterocycles. The van der Waals surface area contributed by atoms with Gasteiger partial charge in [0.25, 0.3) is 0 Å². The first-order valence-corrected chi connectivity index (χ1v) is 9.73. The highest BCUT2D eigenvalue weighted by molar-refractivity contribution is 5.83. The zero-order chi connectivity index (χ0) is 16.9. The van der Waals surface area contributed by atoms with E-state index in [9.17, 15) is 4.79 Å². The van der Waals surface area contributed by atoms with Gasteiger partial charge in [-0.3, -0.25) is 9.69 Å². The molecule has 2 aliphatic rings. The maximum absolute atomic E-state index is 13.2. The first-order chi connectivity index (χ1) is 11.6. The molecule has 1 aliphatic heterocycles. The minimum absolute atomic E-state index is 0.140. The molecular weight excluding hydrogens is 296 g/mol. The summed E-state index contributed by atoms with van der Waals surface area (Å²) >= 11 is 0. The van der Waals surface area contributed by atoms with Crippen LogP contribution in [-0.2, 0) is 4.79 Å². The molecule has 0 unspecified atom stereocenters. The number of benzene rings is 1. The summed E-state index contributed by atoms with van der Waals surface area (Å²) in [5.41, 5.74) is 1.13. The van der Waals surface area contributed by atoms with Crippen molar-refractivity contribution in [3.8, 4) is 0 Å². The Labute approximate surface area is 146 Å². The minimum Gasteiger partial charge on any atom is -0.352 e. The van der Waals surface area contributed by atoms with Gasteiger partial charge in [-0.2, -0.15) is 0 Å². The van der Waals surface area contributed by atoms with E-state index in [4.69, 9.17) is 0 Å². The molecule has 0 radical (unpaired) electrons. The van der Waals surface area contributed by atoms with Crippen LogP contribution < -0.4 is 5.32 Å². The van der Waals surface area contributed by atoms with Crippen molar-refractivity contribution in [1.29, 1.82) is 0 Å². The Kier molecular flexibility index (Phi) is 5.94. The zero-order valence-corrected chi connectivity index (χ0v) is 15.2. The largest absolute Gasteiger partial charge is 0.352 e. The van der Waals surface area contributed by atoms with Gasteiger partial charge in [-0.05, 0) is 36.7 Å². The Morgan fingerprint density at radius 2 is 1.67 bits per heavy atom. The van der Waals surface area contributed by atoms with Gasteiger partial charge in [0.05, 0.1) is 0 Å². The molecule has 24 heavy (non-hydrogen) atoms. The molecule has 1 aromatic carbocycles. The van der Waals surface area contributed by atoms with Crippen LogP contribution in [0.25, 0.3) is 0 Å². The summed E-state index contributed by atoms with van der Waals surface area (Å²) in [6, 6.07) is 10.6. The van der Waals surface area contributed by atoms with Crippen molar-refractivity contribution in [3.63, 3.8) is 0 Å². The number of hydrogen-bond acceptors (Lipinski definition) is 2. The number of piperidine rings is 1. The first-order valence-electron chi connectivity index (χ1n) is 9.73. The average Bonchev–Trinajstić information content (AvgIpc) is 2.56. The van der Waals surface area contributed by atoms with Crippen LogP contribution in [0.5, 0.6) is 0 Å². The third-order valence-electron chi connectivity index (χ3n) is 5.58. The lowest BCUT2D eigenvalue weighted by Gasteiger charge is -2.40. The van der Waals surface area contributed by atoms with Gasteiger partial charge in [0.1, 0.15) is 6.04 Å². The van der Waals surface area contributed by atoms with Crippen LogP contribution in [0.4, 0.5) is 0 Å².